The van der Waals surface area contributed by atoms with Crippen molar-refractivity contribution in [1.29, 1.82) is 0 Å². The van der Waals surface area contributed by atoms with Crippen molar-refractivity contribution in [3.8, 4) is 11.1 Å². The topological polar surface area (TPSA) is 58.6 Å². The van der Waals surface area contributed by atoms with E-state index in [0.29, 0.717) is 13.0 Å². The Balaban J connectivity index is 1.67. The van der Waals surface area contributed by atoms with Gasteiger partial charge in [0.2, 0.25) is 0 Å². The van der Waals surface area contributed by atoms with Crippen LogP contribution in [0, 0.1) is 0 Å². The molecule has 0 aliphatic heterocycles. The van der Waals surface area contributed by atoms with Crippen molar-refractivity contribution in [2.45, 2.75) is 52.0 Å². The third kappa shape index (κ3) is 7.29. The molecule has 166 valence electrons. The van der Waals surface area contributed by atoms with Crippen LogP contribution in [0.5, 0.6) is 0 Å². The Morgan fingerprint density at radius 3 is 2.42 bits per heavy atom. The van der Waals surface area contributed by atoms with Crippen LogP contribution in [0.3, 0.4) is 0 Å². The summed E-state index contributed by atoms with van der Waals surface area (Å²) in [6.45, 7) is 4.05. The van der Waals surface area contributed by atoms with E-state index in [-0.39, 0.29) is 0 Å². The maximum atomic E-state index is 10.6. The van der Waals surface area contributed by atoms with Crippen LogP contribution < -0.4 is 5.32 Å². The number of fused-ring (bicyclic) bond motifs is 1. The Kier molecular flexibility index (Phi) is 9.77. The first-order valence-electron chi connectivity index (χ1n) is 11.4. The van der Waals surface area contributed by atoms with Crippen molar-refractivity contribution in [2.75, 3.05) is 13.2 Å². The molecule has 1 unspecified atom stereocenters. The van der Waals surface area contributed by atoms with Crippen LogP contribution in [-0.2, 0) is 22.1 Å². The molecule has 3 aromatic rings. The molecule has 1 atom stereocenters. The SMILES string of the molecule is CCCCCCc1ccc(-c2ccc(CNCCCO[PH](=O)O)c3ccccc23)cc1. The molecule has 0 saturated heterocycles. The van der Waals surface area contributed by atoms with Gasteiger partial charge in [-0.3, -0.25) is 4.57 Å². The molecule has 3 aromatic carbocycles. The number of aryl methyl sites for hydroxylation is 1. The molecule has 2 N–H and O–H groups in total. The lowest BCUT2D eigenvalue weighted by Crippen LogP contribution is -2.16. The highest BCUT2D eigenvalue weighted by atomic mass is 31.1. The molecule has 0 bridgehead atoms. The third-order valence-corrected chi connectivity index (χ3v) is 6.09. The molecule has 0 aliphatic rings. The van der Waals surface area contributed by atoms with Gasteiger partial charge in [0.05, 0.1) is 6.61 Å². The normalized spacial score (nSPS) is 12.3. The van der Waals surface area contributed by atoms with Gasteiger partial charge in [-0.15, -0.1) is 0 Å². The molecule has 0 spiro atoms. The fourth-order valence-electron chi connectivity index (χ4n) is 3.95. The van der Waals surface area contributed by atoms with E-state index in [1.807, 2.05) is 0 Å². The summed E-state index contributed by atoms with van der Waals surface area (Å²) < 4.78 is 15.3. The predicted octanol–water partition coefficient (Wildman–Crippen LogP) is 6.51. The molecule has 0 amide bonds. The fraction of sp³-hybridized carbons (Fsp3) is 0.385. The molecule has 0 saturated carbocycles. The summed E-state index contributed by atoms with van der Waals surface area (Å²) in [6, 6.07) is 22.0. The van der Waals surface area contributed by atoms with Gasteiger partial charge in [0.15, 0.2) is 0 Å². The van der Waals surface area contributed by atoms with Crippen LogP contribution in [0.1, 0.15) is 50.2 Å². The van der Waals surface area contributed by atoms with Crippen molar-refractivity contribution >= 4 is 19.0 Å². The second-order valence-electron chi connectivity index (χ2n) is 7.97. The van der Waals surface area contributed by atoms with Crippen molar-refractivity contribution < 1.29 is 14.0 Å². The zero-order valence-electron chi connectivity index (χ0n) is 18.4. The van der Waals surface area contributed by atoms with E-state index in [2.05, 4.69) is 72.9 Å². The molecule has 31 heavy (non-hydrogen) atoms. The maximum Gasteiger partial charge on any atom is 0.316 e. The number of hydrogen-bond donors (Lipinski definition) is 2. The Morgan fingerprint density at radius 2 is 1.68 bits per heavy atom. The van der Waals surface area contributed by atoms with Crippen molar-refractivity contribution in [2.24, 2.45) is 0 Å². The van der Waals surface area contributed by atoms with E-state index in [1.165, 1.54) is 58.7 Å². The van der Waals surface area contributed by atoms with Gasteiger partial charge >= 0.3 is 8.25 Å². The van der Waals surface area contributed by atoms with Gasteiger partial charge in [-0.05, 0) is 58.8 Å². The van der Waals surface area contributed by atoms with Crippen LogP contribution in [0.4, 0.5) is 0 Å². The molecule has 4 nitrogen and oxygen atoms in total. The van der Waals surface area contributed by atoms with E-state index < -0.39 is 8.25 Å². The molecular formula is C26H34NO3P. The van der Waals surface area contributed by atoms with Crippen molar-refractivity contribution in [3.05, 3.63) is 71.8 Å². The first-order valence-corrected chi connectivity index (χ1v) is 12.6. The Labute approximate surface area is 186 Å². The van der Waals surface area contributed by atoms with Gasteiger partial charge < -0.3 is 14.7 Å². The molecule has 0 radical (unpaired) electrons. The highest BCUT2D eigenvalue weighted by Gasteiger charge is 2.08. The first kappa shape index (κ1) is 23.7. The summed E-state index contributed by atoms with van der Waals surface area (Å²) in [4.78, 5) is 8.70. The molecular weight excluding hydrogens is 405 g/mol. The van der Waals surface area contributed by atoms with Crippen LogP contribution in [-0.4, -0.2) is 18.0 Å². The summed E-state index contributed by atoms with van der Waals surface area (Å²) >= 11 is 0. The lowest BCUT2D eigenvalue weighted by Gasteiger charge is -2.13. The average Bonchev–Trinajstić information content (AvgIpc) is 2.79. The van der Waals surface area contributed by atoms with Crippen LogP contribution in [0.25, 0.3) is 21.9 Å². The highest BCUT2D eigenvalue weighted by Crippen LogP contribution is 2.31. The van der Waals surface area contributed by atoms with E-state index in [0.717, 1.165) is 19.5 Å². The lowest BCUT2D eigenvalue weighted by molar-refractivity contribution is 0.276. The van der Waals surface area contributed by atoms with E-state index in [9.17, 15) is 4.57 Å². The Hall–Kier alpha value is -1.97. The zero-order valence-corrected chi connectivity index (χ0v) is 19.4. The Bertz CT molecular complexity index is 972. The van der Waals surface area contributed by atoms with E-state index in [4.69, 9.17) is 9.42 Å². The van der Waals surface area contributed by atoms with Gasteiger partial charge in [-0.25, -0.2) is 0 Å². The standard InChI is InChI=1S/C26H34NO3P/c1-2-3-4-5-9-21-12-14-22(15-13-21)25-17-16-23(24-10-6-7-11-26(24)25)20-27-18-8-19-30-31(28)29/h6-7,10-17,27,31H,2-5,8-9,18-20H2,1H3,(H,28,29). The van der Waals surface area contributed by atoms with Crippen LogP contribution >= 0.6 is 8.25 Å². The van der Waals surface area contributed by atoms with Gasteiger partial charge in [-0.1, -0.05) is 86.8 Å². The molecule has 0 heterocycles. The monoisotopic (exact) mass is 439 g/mol. The van der Waals surface area contributed by atoms with Crippen molar-refractivity contribution in [3.63, 3.8) is 0 Å². The van der Waals surface area contributed by atoms with Gasteiger partial charge in [0, 0.05) is 6.54 Å². The largest absolute Gasteiger partial charge is 0.326 e. The zero-order chi connectivity index (χ0) is 21.9. The van der Waals surface area contributed by atoms with Crippen LogP contribution in [0.15, 0.2) is 60.7 Å². The Morgan fingerprint density at radius 1 is 0.903 bits per heavy atom. The minimum absolute atomic E-state index is 0.301. The lowest BCUT2D eigenvalue weighted by atomic mass is 9.94. The molecule has 0 fully saturated rings. The summed E-state index contributed by atoms with van der Waals surface area (Å²) in [6.07, 6.45) is 7.04. The summed E-state index contributed by atoms with van der Waals surface area (Å²) in [7, 11) is -2.82. The summed E-state index contributed by atoms with van der Waals surface area (Å²) in [5.74, 6) is 0. The average molecular weight is 440 g/mol. The molecule has 5 heteroatoms. The number of hydrogen-bond acceptors (Lipinski definition) is 3. The minimum Gasteiger partial charge on any atom is -0.326 e. The van der Waals surface area contributed by atoms with E-state index in [1.54, 1.807) is 0 Å². The molecule has 0 aliphatic carbocycles. The summed E-state index contributed by atoms with van der Waals surface area (Å²) in [5.41, 5.74) is 5.19. The number of benzene rings is 3. The number of nitrogens with one attached hydrogen (secondary N) is 1. The highest BCUT2D eigenvalue weighted by molar-refractivity contribution is 7.32. The fourth-order valence-corrected chi connectivity index (χ4v) is 4.27. The predicted molar refractivity (Wildman–Crippen MR) is 131 cm³/mol. The van der Waals surface area contributed by atoms with E-state index >= 15 is 0 Å². The molecule has 3 rings (SSSR count). The van der Waals surface area contributed by atoms with Gasteiger partial charge in [-0.2, -0.15) is 0 Å². The maximum absolute atomic E-state index is 10.6. The minimum atomic E-state index is -2.82. The molecule has 0 aromatic heterocycles. The van der Waals surface area contributed by atoms with Gasteiger partial charge in [0.25, 0.3) is 0 Å². The summed E-state index contributed by atoms with van der Waals surface area (Å²) in [5, 5.41) is 5.93. The van der Waals surface area contributed by atoms with Gasteiger partial charge in [0.1, 0.15) is 0 Å². The first-order chi connectivity index (χ1) is 15.2. The third-order valence-electron chi connectivity index (χ3n) is 5.64. The van der Waals surface area contributed by atoms with Crippen molar-refractivity contribution in [1.82, 2.24) is 5.32 Å². The quantitative estimate of drug-likeness (QED) is 0.235. The van der Waals surface area contributed by atoms with Crippen LogP contribution in [0.2, 0.25) is 0 Å². The number of rotatable bonds is 13. The second kappa shape index (κ2) is 12.8. The number of unbranched alkanes of at least 4 members (excludes halogenated alkanes) is 3. The smallest absolute Gasteiger partial charge is 0.316 e. The second-order valence-corrected chi connectivity index (χ2v) is 8.79.